The summed E-state index contributed by atoms with van der Waals surface area (Å²) in [5, 5.41) is 0. The van der Waals surface area contributed by atoms with Gasteiger partial charge in [0, 0.05) is 12.6 Å². The van der Waals surface area contributed by atoms with Crippen LogP contribution in [0.3, 0.4) is 0 Å². The monoisotopic (exact) mass is 325 g/mol. The average molecular weight is 325 g/mol. The standard InChI is InChI=1S/C21H27NO2/c1-6-22-13-17-12-21(24-5)20(23-4)11-16(17)10-19(22)18-8-7-14(2)9-15(18)3/h7-9,11-12,19H,6,10,13H2,1-5H3. The lowest BCUT2D eigenvalue weighted by Crippen LogP contribution is -2.34. The first kappa shape index (κ1) is 16.8. The molecular weight excluding hydrogens is 298 g/mol. The van der Waals surface area contributed by atoms with Gasteiger partial charge in [0.1, 0.15) is 0 Å². The second-order valence-corrected chi connectivity index (χ2v) is 6.62. The van der Waals surface area contributed by atoms with Gasteiger partial charge in [0.25, 0.3) is 0 Å². The molecular formula is C21H27NO2. The minimum Gasteiger partial charge on any atom is -0.493 e. The van der Waals surface area contributed by atoms with Crippen LogP contribution in [-0.2, 0) is 13.0 Å². The molecule has 128 valence electrons. The fourth-order valence-electron chi connectivity index (χ4n) is 3.81. The van der Waals surface area contributed by atoms with E-state index in [-0.39, 0.29) is 0 Å². The zero-order valence-electron chi connectivity index (χ0n) is 15.3. The van der Waals surface area contributed by atoms with Crippen molar-refractivity contribution in [2.45, 2.75) is 39.8 Å². The lowest BCUT2D eigenvalue weighted by molar-refractivity contribution is 0.181. The smallest absolute Gasteiger partial charge is 0.161 e. The van der Waals surface area contributed by atoms with Gasteiger partial charge >= 0.3 is 0 Å². The van der Waals surface area contributed by atoms with Crippen LogP contribution in [0.15, 0.2) is 30.3 Å². The number of nitrogens with zero attached hydrogens (tertiary/aromatic N) is 1. The summed E-state index contributed by atoms with van der Waals surface area (Å²) in [6, 6.07) is 11.5. The van der Waals surface area contributed by atoms with E-state index < -0.39 is 0 Å². The van der Waals surface area contributed by atoms with Crippen molar-refractivity contribution in [1.29, 1.82) is 0 Å². The number of rotatable bonds is 4. The molecule has 0 N–H and O–H groups in total. The number of likely N-dealkylation sites (N-methyl/N-ethyl adjacent to an activating group) is 1. The van der Waals surface area contributed by atoms with Crippen molar-refractivity contribution >= 4 is 0 Å². The maximum absolute atomic E-state index is 5.50. The first-order chi connectivity index (χ1) is 11.6. The van der Waals surface area contributed by atoms with Crippen LogP contribution in [0.2, 0.25) is 0 Å². The topological polar surface area (TPSA) is 21.7 Å². The molecule has 1 aliphatic heterocycles. The molecule has 0 spiro atoms. The predicted molar refractivity (Wildman–Crippen MR) is 98.0 cm³/mol. The van der Waals surface area contributed by atoms with Crippen molar-refractivity contribution in [3.8, 4) is 11.5 Å². The lowest BCUT2D eigenvalue weighted by atomic mass is 9.87. The van der Waals surface area contributed by atoms with Crippen LogP contribution in [0.1, 0.15) is 40.8 Å². The molecule has 0 bridgehead atoms. The number of benzene rings is 2. The Balaban J connectivity index is 2.02. The molecule has 1 aliphatic rings. The first-order valence-electron chi connectivity index (χ1n) is 8.62. The van der Waals surface area contributed by atoms with Crippen molar-refractivity contribution in [3.05, 3.63) is 58.1 Å². The zero-order valence-corrected chi connectivity index (χ0v) is 15.3. The van der Waals surface area contributed by atoms with E-state index in [9.17, 15) is 0 Å². The Morgan fingerprint density at radius 1 is 1.00 bits per heavy atom. The van der Waals surface area contributed by atoms with Gasteiger partial charge in [-0.3, -0.25) is 4.90 Å². The highest BCUT2D eigenvalue weighted by molar-refractivity contribution is 5.49. The molecule has 0 fully saturated rings. The van der Waals surface area contributed by atoms with Crippen molar-refractivity contribution in [3.63, 3.8) is 0 Å². The summed E-state index contributed by atoms with van der Waals surface area (Å²) >= 11 is 0. The van der Waals surface area contributed by atoms with E-state index in [4.69, 9.17) is 9.47 Å². The van der Waals surface area contributed by atoms with Crippen LogP contribution in [0.4, 0.5) is 0 Å². The predicted octanol–water partition coefficient (Wildman–Crippen LogP) is 4.44. The van der Waals surface area contributed by atoms with Gasteiger partial charge < -0.3 is 9.47 Å². The van der Waals surface area contributed by atoms with Crippen LogP contribution in [-0.4, -0.2) is 25.7 Å². The molecule has 0 saturated heterocycles. The Hall–Kier alpha value is -2.00. The Bertz CT molecular complexity index is 739. The minimum absolute atomic E-state index is 0.418. The van der Waals surface area contributed by atoms with Gasteiger partial charge in [0.2, 0.25) is 0 Å². The molecule has 0 amide bonds. The highest BCUT2D eigenvalue weighted by atomic mass is 16.5. The molecule has 0 radical (unpaired) electrons. The largest absolute Gasteiger partial charge is 0.493 e. The van der Waals surface area contributed by atoms with Crippen molar-refractivity contribution in [1.82, 2.24) is 4.90 Å². The summed E-state index contributed by atoms with van der Waals surface area (Å²) in [5.74, 6) is 1.64. The molecule has 2 aromatic rings. The summed E-state index contributed by atoms with van der Waals surface area (Å²) in [4.78, 5) is 2.55. The molecule has 1 unspecified atom stereocenters. The fraction of sp³-hybridized carbons (Fsp3) is 0.429. The molecule has 3 nitrogen and oxygen atoms in total. The Morgan fingerprint density at radius 2 is 1.67 bits per heavy atom. The number of ether oxygens (including phenoxy) is 2. The highest BCUT2D eigenvalue weighted by Crippen LogP contribution is 2.39. The van der Waals surface area contributed by atoms with Gasteiger partial charge in [0.15, 0.2) is 11.5 Å². The molecule has 2 aromatic carbocycles. The van der Waals surface area contributed by atoms with Crippen LogP contribution < -0.4 is 9.47 Å². The summed E-state index contributed by atoms with van der Waals surface area (Å²) in [5.41, 5.74) is 6.84. The van der Waals surface area contributed by atoms with Gasteiger partial charge in [0.05, 0.1) is 14.2 Å². The van der Waals surface area contributed by atoms with Crippen molar-refractivity contribution in [2.75, 3.05) is 20.8 Å². The summed E-state index contributed by atoms with van der Waals surface area (Å²) in [6.45, 7) is 8.60. The van der Waals surface area contributed by atoms with Crippen LogP contribution in [0, 0.1) is 13.8 Å². The minimum atomic E-state index is 0.418. The van der Waals surface area contributed by atoms with Crippen LogP contribution >= 0.6 is 0 Å². The van der Waals surface area contributed by atoms with Gasteiger partial charge in [-0.2, -0.15) is 0 Å². The van der Waals surface area contributed by atoms with E-state index in [1.807, 2.05) is 0 Å². The van der Waals surface area contributed by atoms with E-state index >= 15 is 0 Å². The third-order valence-corrected chi connectivity index (χ3v) is 5.12. The molecule has 1 atom stereocenters. The maximum atomic E-state index is 5.50. The molecule has 0 saturated carbocycles. The second-order valence-electron chi connectivity index (χ2n) is 6.62. The number of aryl methyl sites for hydroxylation is 2. The van der Waals surface area contributed by atoms with E-state index in [1.165, 1.54) is 27.8 Å². The summed E-state index contributed by atoms with van der Waals surface area (Å²) in [6.07, 6.45) is 1.01. The first-order valence-corrected chi connectivity index (χ1v) is 8.62. The SMILES string of the molecule is CCN1Cc2cc(OC)c(OC)cc2CC1c1ccc(C)cc1C. The van der Waals surface area contributed by atoms with E-state index in [2.05, 4.69) is 56.0 Å². The number of hydrogen-bond donors (Lipinski definition) is 0. The summed E-state index contributed by atoms with van der Waals surface area (Å²) < 4.78 is 11.0. The molecule has 1 heterocycles. The van der Waals surface area contributed by atoms with Gasteiger partial charge in [-0.05, 0) is 61.2 Å². The molecule has 3 rings (SSSR count). The lowest BCUT2D eigenvalue weighted by Gasteiger charge is -2.37. The molecule has 24 heavy (non-hydrogen) atoms. The van der Waals surface area contributed by atoms with Gasteiger partial charge in [-0.1, -0.05) is 30.7 Å². The van der Waals surface area contributed by atoms with Gasteiger partial charge in [-0.25, -0.2) is 0 Å². The summed E-state index contributed by atoms with van der Waals surface area (Å²) in [7, 11) is 3.40. The van der Waals surface area contributed by atoms with Crippen LogP contribution in [0.25, 0.3) is 0 Å². The van der Waals surface area contributed by atoms with Crippen molar-refractivity contribution in [2.24, 2.45) is 0 Å². The molecule has 3 heteroatoms. The third-order valence-electron chi connectivity index (χ3n) is 5.12. The molecule has 0 aliphatic carbocycles. The number of hydrogen-bond acceptors (Lipinski definition) is 3. The second kappa shape index (κ2) is 6.86. The average Bonchev–Trinajstić information content (AvgIpc) is 2.59. The fourth-order valence-corrected chi connectivity index (χ4v) is 3.81. The quantitative estimate of drug-likeness (QED) is 0.829. The zero-order chi connectivity index (χ0) is 17.3. The van der Waals surface area contributed by atoms with E-state index in [0.29, 0.717) is 6.04 Å². The molecule has 0 aromatic heterocycles. The number of methoxy groups -OCH3 is 2. The Kier molecular flexibility index (Phi) is 4.81. The highest BCUT2D eigenvalue weighted by Gasteiger charge is 2.28. The Morgan fingerprint density at radius 3 is 2.25 bits per heavy atom. The van der Waals surface area contributed by atoms with Crippen molar-refractivity contribution < 1.29 is 9.47 Å². The number of fused-ring (bicyclic) bond motifs is 1. The maximum Gasteiger partial charge on any atom is 0.161 e. The van der Waals surface area contributed by atoms with E-state index in [0.717, 1.165) is 31.0 Å². The third kappa shape index (κ3) is 3.01. The van der Waals surface area contributed by atoms with E-state index in [1.54, 1.807) is 14.2 Å². The normalized spacial score (nSPS) is 17.5. The van der Waals surface area contributed by atoms with Crippen LogP contribution in [0.5, 0.6) is 11.5 Å². The van der Waals surface area contributed by atoms with Gasteiger partial charge in [-0.15, -0.1) is 0 Å². The Labute approximate surface area is 145 Å².